The quantitative estimate of drug-likeness (QED) is 0.149. The van der Waals surface area contributed by atoms with Gasteiger partial charge >= 0.3 is 6.03 Å². The molecule has 3 aliphatic heterocycles. The molecule has 312 valence electrons. The van der Waals surface area contributed by atoms with Crippen LogP contribution < -0.4 is 20.9 Å². The molecule has 1 unspecified atom stereocenters. The first kappa shape index (κ1) is 39.5. The van der Waals surface area contributed by atoms with E-state index in [0.717, 1.165) is 75.4 Å². The molecule has 17 nitrogen and oxygen atoms in total. The van der Waals surface area contributed by atoms with E-state index >= 15 is 0 Å². The van der Waals surface area contributed by atoms with Gasteiger partial charge in [0, 0.05) is 69.4 Å². The van der Waals surface area contributed by atoms with E-state index in [0.29, 0.717) is 71.2 Å². The number of aromatic nitrogens is 6. The van der Waals surface area contributed by atoms with Crippen molar-refractivity contribution in [3.63, 3.8) is 0 Å². The van der Waals surface area contributed by atoms with Gasteiger partial charge in [-0.1, -0.05) is 30.6 Å². The zero-order chi connectivity index (χ0) is 41.5. The summed E-state index contributed by atoms with van der Waals surface area (Å²) >= 11 is 6.61. The number of carbonyl (C=O) groups is 4. The van der Waals surface area contributed by atoms with E-state index in [2.05, 4.69) is 57.0 Å². The molecule has 4 aromatic heterocycles. The van der Waals surface area contributed by atoms with Crippen LogP contribution in [0.4, 0.5) is 21.9 Å². The number of nitrogens with zero attached hydrogens (tertiary/aromatic N) is 9. The molecule has 1 saturated carbocycles. The van der Waals surface area contributed by atoms with Gasteiger partial charge in [-0.25, -0.2) is 19.3 Å². The van der Waals surface area contributed by atoms with Crippen molar-refractivity contribution in [2.24, 2.45) is 11.8 Å². The van der Waals surface area contributed by atoms with Gasteiger partial charge in [0.15, 0.2) is 5.65 Å². The van der Waals surface area contributed by atoms with Gasteiger partial charge in [-0.05, 0) is 79.7 Å². The van der Waals surface area contributed by atoms with E-state index in [-0.39, 0.29) is 35.1 Å². The Hall–Kier alpha value is -5.94. The lowest BCUT2D eigenvalue weighted by Gasteiger charge is -2.39. The lowest BCUT2D eigenvalue weighted by atomic mass is 9.80. The van der Waals surface area contributed by atoms with Crippen molar-refractivity contribution in [2.45, 2.75) is 77.3 Å². The van der Waals surface area contributed by atoms with Crippen LogP contribution in [0.15, 0.2) is 53.4 Å². The number of urea groups is 1. The number of anilines is 3. The van der Waals surface area contributed by atoms with Crippen LogP contribution in [0, 0.1) is 11.8 Å². The molecule has 2 saturated heterocycles. The van der Waals surface area contributed by atoms with Gasteiger partial charge in [0.05, 0.1) is 40.7 Å². The molecule has 1 atom stereocenters. The Morgan fingerprint density at radius 1 is 0.967 bits per heavy atom. The number of fused-ring (bicyclic) bond motifs is 2. The first-order valence-corrected chi connectivity index (χ1v) is 21.1. The molecule has 60 heavy (non-hydrogen) atoms. The molecular weight excluding hydrogens is 788 g/mol. The highest BCUT2D eigenvalue weighted by Gasteiger charge is 2.39. The molecule has 1 aromatic carbocycles. The molecule has 1 aliphatic carbocycles. The zero-order valence-corrected chi connectivity index (χ0v) is 34.3. The lowest BCUT2D eigenvalue weighted by Crippen LogP contribution is -2.52. The van der Waals surface area contributed by atoms with Crippen molar-refractivity contribution in [3.8, 4) is 11.5 Å². The number of halogens is 1. The molecule has 5 aromatic rings. The Bertz CT molecular complexity index is 2450. The van der Waals surface area contributed by atoms with E-state index in [1.54, 1.807) is 27.9 Å². The lowest BCUT2D eigenvalue weighted by molar-refractivity contribution is -0.136. The maximum Gasteiger partial charge on any atom is 0.323 e. The van der Waals surface area contributed by atoms with Crippen molar-refractivity contribution in [2.75, 3.05) is 48.3 Å². The third kappa shape index (κ3) is 8.15. The number of imide groups is 1. The van der Waals surface area contributed by atoms with Crippen molar-refractivity contribution >= 4 is 58.1 Å². The van der Waals surface area contributed by atoms with Crippen LogP contribution in [0.3, 0.4) is 0 Å². The topological polar surface area (TPSA) is 196 Å². The molecule has 3 fully saturated rings. The van der Waals surface area contributed by atoms with E-state index in [4.69, 9.17) is 16.1 Å². The molecular formula is C42H47ClN12O5. The Labute approximate surface area is 351 Å². The largest absolute Gasteiger partial charge is 0.369 e. The van der Waals surface area contributed by atoms with Gasteiger partial charge < -0.3 is 25.0 Å². The Balaban J connectivity index is 0.719. The van der Waals surface area contributed by atoms with E-state index in [9.17, 15) is 19.2 Å². The fourth-order valence-corrected chi connectivity index (χ4v) is 9.36. The fourth-order valence-electron chi connectivity index (χ4n) is 9.11. The smallest absolute Gasteiger partial charge is 0.323 e. The van der Waals surface area contributed by atoms with Crippen LogP contribution in [0.5, 0.6) is 0 Å². The second-order valence-corrected chi connectivity index (χ2v) is 17.0. The number of rotatable bonds is 10. The van der Waals surface area contributed by atoms with E-state index in [1.165, 1.54) is 6.20 Å². The Kier molecular flexibility index (Phi) is 10.9. The summed E-state index contributed by atoms with van der Waals surface area (Å²) in [6.45, 7) is 9.29. The predicted octanol–water partition coefficient (Wildman–Crippen LogP) is 5.53. The fraction of sp³-hybridized carbons (Fsp3) is 0.452. The first-order chi connectivity index (χ1) is 29.1. The molecule has 0 radical (unpaired) electrons. The molecule has 7 heterocycles. The van der Waals surface area contributed by atoms with Crippen molar-refractivity contribution < 1.29 is 23.7 Å². The molecule has 4 aliphatic rings. The first-order valence-electron chi connectivity index (χ1n) is 20.7. The molecule has 0 spiro atoms. The molecule has 9 rings (SSSR count). The van der Waals surface area contributed by atoms with Crippen molar-refractivity contribution in [1.82, 2.24) is 44.8 Å². The average molecular weight is 835 g/mol. The third-order valence-corrected chi connectivity index (χ3v) is 12.5. The molecule has 5 amide bonds. The number of pyridine rings is 1. The Morgan fingerprint density at radius 2 is 1.77 bits per heavy atom. The summed E-state index contributed by atoms with van der Waals surface area (Å²) in [6.07, 6.45) is 10.6. The SMILES string of the molecule is CC(C)c1c(NC(=O)Nc2cnc(-c3noc(CC4CCC(CN5CCN(c6ccc7c(c6)CN(C6CCC(=O)NC6=O)C7=O)CC5)CC4)n3)c(Cl)c2)cnc2ccnn12. The minimum Gasteiger partial charge on any atom is -0.369 e. The summed E-state index contributed by atoms with van der Waals surface area (Å²) < 4.78 is 7.37. The van der Waals surface area contributed by atoms with Crippen LogP contribution in [0.2, 0.25) is 5.02 Å². The normalized spacial score (nSPS) is 21.1. The second kappa shape index (κ2) is 16.6. The molecule has 3 N–H and O–H groups in total. The summed E-state index contributed by atoms with van der Waals surface area (Å²) in [4.78, 5) is 70.2. The molecule has 18 heteroatoms. The average Bonchev–Trinajstić information content (AvgIpc) is 3.98. The van der Waals surface area contributed by atoms with Gasteiger partial charge in [-0.3, -0.25) is 24.6 Å². The van der Waals surface area contributed by atoms with Gasteiger partial charge in [-0.2, -0.15) is 10.1 Å². The number of piperidine rings is 1. The minimum absolute atomic E-state index is 0.0843. The van der Waals surface area contributed by atoms with Gasteiger partial charge in [-0.15, -0.1) is 0 Å². The van der Waals surface area contributed by atoms with E-state index < -0.39 is 12.1 Å². The monoisotopic (exact) mass is 834 g/mol. The predicted molar refractivity (Wildman–Crippen MR) is 223 cm³/mol. The summed E-state index contributed by atoms with van der Waals surface area (Å²) in [5.41, 5.74) is 5.53. The van der Waals surface area contributed by atoms with Crippen LogP contribution >= 0.6 is 11.6 Å². The van der Waals surface area contributed by atoms with Crippen LogP contribution in [-0.2, 0) is 22.6 Å². The van der Waals surface area contributed by atoms with Gasteiger partial charge in [0.25, 0.3) is 5.91 Å². The second-order valence-electron chi connectivity index (χ2n) is 16.6. The van der Waals surface area contributed by atoms with Crippen molar-refractivity contribution in [3.05, 3.63) is 76.7 Å². The van der Waals surface area contributed by atoms with Crippen LogP contribution in [0.25, 0.3) is 17.2 Å². The van der Waals surface area contributed by atoms with Crippen LogP contribution in [-0.4, -0.2) is 102 Å². The number of benzene rings is 1. The number of piperazine rings is 1. The molecule has 0 bridgehead atoms. The number of amides is 5. The van der Waals surface area contributed by atoms with Crippen molar-refractivity contribution in [1.29, 1.82) is 0 Å². The highest BCUT2D eigenvalue weighted by molar-refractivity contribution is 6.33. The number of hydrogen-bond donors (Lipinski definition) is 3. The summed E-state index contributed by atoms with van der Waals surface area (Å²) in [5.74, 6) is 1.23. The highest BCUT2D eigenvalue weighted by Crippen LogP contribution is 2.34. The van der Waals surface area contributed by atoms with Gasteiger partial charge in [0.1, 0.15) is 11.7 Å². The Morgan fingerprint density at radius 3 is 2.53 bits per heavy atom. The highest BCUT2D eigenvalue weighted by atomic mass is 35.5. The van der Waals surface area contributed by atoms with Crippen LogP contribution in [0.1, 0.15) is 85.8 Å². The summed E-state index contributed by atoms with van der Waals surface area (Å²) in [5, 5.41) is 16.8. The number of hydrogen-bond acceptors (Lipinski definition) is 12. The number of nitrogens with one attached hydrogen (secondary N) is 3. The maximum absolute atomic E-state index is 13.1. The zero-order valence-electron chi connectivity index (χ0n) is 33.6. The summed E-state index contributed by atoms with van der Waals surface area (Å²) in [6, 6.07) is 8.33. The third-order valence-electron chi connectivity index (χ3n) is 12.2. The summed E-state index contributed by atoms with van der Waals surface area (Å²) in [7, 11) is 0. The number of carbonyl (C=O) groups excluding carboxylic acids is 4. The van der Waals surface area contributed by atoms with Gasteiger partial charge in [0.2, 0.25) is 23.5 Å². The minimum atomic E-state index is -0.607. The van der Waals surface area contributed by atoms with E-state index in [1.807, 2.05) is 32.0 Å². The standard InChI is InChI=1S/C42H47ClN12O5/c1-24(2)38-32(21-44-34-11-12-46-55(34)38)48-42(59)47-28-19-31(43)37(45-20-28)39-50-36(60-51-39)17-25-3-5-26(6-4-25)22-52-13-15-53(16-14-52)29-7-8-30-27(18-29)23-54(41(30)58)33-9-10-35(56)49-40(33)57/h7-8,11-12,18-21,24-26,33H,3-6,9-10,13-17,22-23H2,1-2H3,(H2,47,48,59)(H,49,56,57). The maximum atomic E-state index is 13.1.